The molecule has 48 heavy (non-hydrogen) atoms. The van der Waals surface area contributed by atoms with E-state index in [9.17, 15) is 0 Å². The normalized spacial score (nSPS) is 11.6. The van der Waals surface area contributed by atoms with E-state index in [1.165, 1.54) is 257 Å². The van der Waals surface area contributed by atoms with Crippen molar-refractivity contribution in [1.82, 2.24) is 4.57 Å². The van der Waals surface area contributed by atoms with E-state index in [4.69, 9.17) is 0 Å². The number of hydrogen-bond acceptors (Lipinski definition) is 0. The Morgan fingerprint density at radius 3 is 1.00 bits per heavy atom. The molecule has 0 radical (unpaired) electrons. The van der Waals surface area contributed by atoms with Gasteiger partial charge in [-0.1, -0.05) is 226 Å². The van der Waals surface area contributed by atoms with Gasteiger partial charge in [0.25, 0.3) is 5.82 Å². The SMILES string of the molecule is CCCCCCCCCCCCCCCCCCn1cc[n+](CCCCCCCCCCCCCCCCCC)c1CCCCCCC. The lowest BCUT2D eigenvalue weighted by atomic mass is 10.0. The van der Waals surface area contributed by atoms with Crippen LogP contribution < -0.4 is 4.57 Å². The van der Waals surface area contributed by atoms with Crippen LogP contribution in [0.2, 0.25) is 0 Å². The topological polar surface area (TPSA) is 8.81 Å². The molecule has 2 nitrogen and oxygen atoms in total. The number of rotatable bonds is 40. The summed E-state index contributed by atoms with van der Waals surface area (Å²) in [6, 6.07) is 0. The third kappa shape index (κ3) is 29.0. The van der Waals surface area contributed by atoms with Crippen LogP contribution in [0.4, 0.5) is 0 Å². The van der Waals surface area contributed by atoms with E-state index in [1.54, 1.807) is 5.82 Å². The number of imidazole rings is 1. The van der Waals surface area contributed by atoms with E-state index in [1.807, 2.05) is 0 Å². The average Bonchev–Trinajstić information content (AvgIpc) is 3.48. The number of hydrogen-bond donors (Lipinski definition) is 0. The first-order chi connectivity index (χ1) is 23.8. The molecule has 0 aliphatic carbocycles. The van der Waals surface area contributed by atoms with E-state index >= 15 is 0 Å². The maximum atomic E-state index is 2.64. The zero-order valence-corrected chi connectivity index (χ0v) is 33.8. The Balaban J connectivity index is 2.12. The van der Waals surface area contributed by atoms with Gasteiger partial charge in [0.2, 0.25) is 0 Å². The summed E-state index contributed by atoms with van der Waals surface area (Å²) in [7, 11) is 0. The van der Waals surface area contributed by atoms with Crippen LogP contribution in [0.15, 0.2) is 12.4 Å². The minimum absolute atomic E-state index is 1.23. The molecule has 0 unspecified atom stereocenters. The second-order valence-corrected chi connectivity index (χ2v) is 15.9. The van der Waals surface area contributed by atoms with Gasteiger partial charge in [0.15, 0.2) is 0 Å². The molecule has 0 aliphatic rings. The molecule has 0 N–H and O–H groups in total. The molecule has 0 aromatic carbocycles. The molecule has 0 saturated heterocycles. The minimum Gasteiger partial charge on any atom is -0.234 e. The van der Waals surface area contributed by atoms with Gasteiger partial charge in [0.05, 0.1) is 13.1 Å². The fourth-order valence-corrected chi connectivity index (χ4v) is 7.74. The minimum atomic E-state index is 1.23. The summed E-state index contributed by atoms with van der Waals surface area (Å²) in [5, 5.41) is 0. The number of aromatic nitrogens is 2. The van der Waals surface area contributed by atoms with Crippen molar-refractivity contribution in [1.29, 1.82) is 0 Å². The van der Waals surface area contributed by atoms with E-state index in [-0.39, 0.29) is 0 Å². The first-order valence-corrected chi connectivity index (χ1v) is 22.9. The van der Waals surface area contributed by atoms with Gasteiger partial charge in [-0.2, -0.15) is 0 Å². The Morgan fingerprint density at radius 1 is 0.354 bits per heavy atom. The summed E-state index contributed by atoms with van der Waals surface area (Å²) in [4.78, 5) is 0. The molecule has 1 rings (SSSR count). The van der Waals surface area contributed by atoms with Gasteiger partial charge in [0.1, 0.15) is 12.4 Å². The van der Waals surface area contributed by atoms with Gasteiger partial charge in [-0.25, -0.2) is 9.13 Å². The summed E-state index contributed by atoms with van der Waals surface area (Å²) in [5.74, 6) is 1.62. The van der Waals surface area contributed by atoms with Crippen molar-refractivity contribution in [3.8, 4) is 0 Å². The smallest absolute Gasteiger partial charge is 0.234 e. The Bertz CT molecular complexity index is 683. The van der Waals surface area contributed by atoms with Gasteiger partial charge >= 0.3 is 0 Å². The molecular weight excluding hydrogens is 581 g/mol. The fourth-order valence-electron chi connectivity index (χ4n) is 7.74. The van der Waals surface area contributed by atoms with Crippen LogP contribution in [0, 0.1) is 0 Å². The van der Waals surface area contributed by atoms with Crippen LogP contribution in [0.1, 0.15) is 264 Å². The summed E-state index contributed by atoms with van der Waals surface area (Å²) >= 11 is 0. The van der Waals surface area contributed by atoms with Crippen LogP contribution >= 0.6 is 0 Å². The number of nitrogens with zero attached hydrogens (tertiary/aromatic N) is 2. The highest BCUT2D eigenvalue weighted by Gasteiger charge is 2.16. The van der Waals surface area contributed by atoms with Crippen molar-refractivity contribution in [2.75, 3.05) is 0 Å². The monoisotopic (exact) mass is 672 g/mol. The lowest BCUT2D eigenvalue weighted by molar-refractivity contribution is -0.704. The van der Waals surface area contributed by atoms with Crippen molar-refractivity contribution in [2.45, 2.75) is 278 Å². The van der Waals surface area contributed by atoms with Gasteiger partial charge < -0.3 is 0 Å². The molecule has 0 saturated carbocycles. The maximum Gasteiger partial charge on any atom is 0.256 e. The van der Waals surface area contributed by atoms with Crippen LogP contribution in [-0.2, 0) is 19.5 Å². The number of unbranched alkanes of at least 4 members (excludes halogenated alkanes) is 34. The molecule has 0 spiro atoms. The van der Waals surface area contributed by atoms with Crippen molar-refractivity contribution in [2.24, 2.45) is 0 Å². The third-order valence-corrected chi connectivity index (χ3v) is 11.1. The largest absolute Gasteiger partial charge is 0.256 e. The van der Waals surface area contributed by atoms with Crippen LogP contribution in [-0.4, -0.2) is 4.57 Å². The molecule has 0 atom stereocenters. The second-order valence-electron chi connectivity index (χ2n) is 15.9. The second kappa shape index (κ2) is 37.5. The fraction of sp³-hybridized carbons (Fsp3) is 0.935. The third-order valence-electron chi connectivity index (χ3n) is 11.1. The van der Waals surface area contributed by atoms with Crippen molar-refractivity contribution in [3.05, 3.63) is 18.2 Å². The zero-order valence-electron chi connectivity index (χ0n) is 33.8. The Labute approximate surface area is 304 Å². The van der Waals surface area contributed by atoms with E-state index in [2.05, 4.69) is 42.3 Å². The molecule has 0 amide bonds. The summed E-state index contributed by atoms with van der Waals surface area (Å²) < 4.78 is 5.27. The highest BCUT2D eigenvalue weighted by molar-refractivity contribution is 4.84. The predicted molar refractivity (Wildman–Crippen MR) is 216 cm³/mol. The molecule has 0 aliphatic heterocycles. The van der Waals surface area contributed by atoms with Crippen LogP contribution in [0.25, 0.3) is 0 Å². The van der Waals surface area contributed by atoms with Crippen LogP contribution in [0.3, 0.4) is 0 Å². The lowest BCUT2D eigenvalue weighted by Gasteiger charge is -2.07. The summed E-state index contributed by atoms with van der Waals surface area (Å²) in [5.41, 5.74) is 0. The predicted octanol–water partition coefficient (Wildman–Crippen LogP) is 15.8. The highest BCUT2D eigenvalue weighted by Crippen LogP contribution is 2.16. The van der Waals surface area contributed by atoms with Gasteiger partial charge in [-0.05, 0) is 32.1 Å². The molecule has 0 bridgehead atoms. The molecular formula is C46H91N2+. The van der Waals surface area contributed by atoms with Gasteiger partial charge in [-0.15, -0.1) is 0 Å². The standard InChI is InChI=1S/C46H91N2/c1-4-7-10-13-15-17-19-21-23-25-27-29-31-33-36-39-42-47-44-45-48(46(47)41-38-35-12-9-6-3)43-40-37-34-32-30-28-26-24-22-20-18-16-14-11-8-5-2/h44-45H,4-43H2,1-3H3/q+1. The lowest BCUT2D eigenvalue weighted by Crippen LogP contribution is -2.37. The molecule has 1 aromatic heterocycles. The van der Waals surface area contributed by atoms with Gasteiger partial charge in [0, 0.05) is 6.42 Å². The Morgan fingerprint density at radius 2 is 0.646 bits per heavy atom. The van der Waals surface area contributed by atoms with Crippen molar-refractivity contribution >= 4 is 0 Å². The molecule has 284 valence electrons. The van der Waals surface area contributed by atoms with Gasteiger partial charge in [-0.3, -0.25) is 0 Å². The van der Waals surface area contributed by atoms with E-state index in [0.717, 1.165) is 0 Å². The maximum absolute atomic E-state index is 2.64. The summed E-state index contributed by atoms with van der Waals surface area (Å²) in [6.45, 7) is 9.41. The van der Waals surface area contributed by atoms with Crippen LogP contribution in [0.5, 0.6) is 0 Å². The van der Waals surface area contributed by atoms with E-state index < -0.39 is 0 Å². The Kier molecular flexibility index (Phi) is 35.3. The molecule has 1 heterocycles. The quantitative estimate of drug-likeness (QED) is 0.0485. The van der Waals surface area contributed by atoms with Crippen molar-refractivity contribution in [3.63, 3.8) is 0 Å². The number of aryl methyl sites for hydroxylation is 2. The average molecular weight is 672 g/mol. The van der Waals surface area contributed by atoms with E-state index in [0.29, 0.717) is 0 Å². The summed E-state index contributed by atoms with van der Waals surface area (Å²) in [6.07, 6.45) is 59.4. The Hall–Kier alpha value is -0.790. The molecule has 2 heteroatoms. The van der Waals surface area contributed by atoms with Crippen molar-refractivity contribution < 1.29 is 4.57 Å². The molecule has 0 fully saturated rings. The zero-order chi connectivity index (χ0) is 34.4. The first kappa shape index (κ1) is 45.2. The first-order valence-electron chi connectivity index (χ1n) is 22.9. The highest BCUT2D eigenvalue weighted by atomic mass is 15.1. The molecule has 1 aromatic rings.